The van der Waals surface area contributed by atoms with E-state index in [1.807, 2.05) is 0 Å². The normalized spacial score (nSPS) is 13.2. The molecule has 8 heteroatoms. The van der Waals surface area contributed by atoms with Gasteiger partial charge in [0.05, 0.1) is 25.0 Å². The minimum atomic E-state index is -3.56. The van der Waals surface area contributed by atoms with Gasteiger partial charge in [-0.05, 0) is 24.6 Å². The van der Waals surface area contributed by atoms with Crippen molar-refractivity contribution >= 4 is 27.1 Å². The van der Waals surface area contributed by atoms with E-state index in [2.05, 4.69) is 0 Å². The lowest BCUT2D eigenvalue weighted by Crippen LogP contribution is -2.16. The van der Waals surface area contributed by atoms with Crippen LogP contribution in [0.1, 0.15) is 12.5 Å². The molecule has 0 bridgehead atoms. The monoisotopic (exact) mass is 327 g/mol. The van der Waals surface area contributed by atoms with Crippen molar-refractivity contribution in [2.75, 3.05) is 13.4 Å². The number of hydrogen-bond acceptors (Lipinski definition) is 5. The molecule has 0 aliphatic heterocycles. The molecule has 0 aliphatic carbocycles. The molecule has 1 aromatic carbocycles. The van der Waals surface area contributed by atoms with Crippen LogP contribution >= 0.6 is 0 Å². The van der Waals surface area contributed by atoms with E-state index in [9.17, 15) is 18.3 Å². The van der Waals surface area contributed by atoms with Crippen LogP contribution in [0.3, 0.4) is 0 Å². The molecule has 0 saturated carbocycles. The first kappa shape index (κ1) is 16.3. The van der Waals surface area contributed by atoms with E-state index >= 15 is 0 Å². The molecule has 0 spiro atoms. The molecule has 1 heterocycles. The van der Waals surface area contributed by atoms with Crippen LogP contribution < -0.4 is 4.74 Å². The summed E-state index contributed by atoms with van der Waals surface area (Å²) in [5.41, 5.74) is 1.17. The van der Waals surface area contributed by atoms with Crippen LogP contribution in [0, 0.1) is 0 Å². The van der Waals surface area contributed by atoms with Crippen LogP contribution in [0.5, 0.6) is 5.75 Å². The Hall–Kier alpha value is -2.06. The standard InChI is InChI=1S/C14H17NO6S/c1-9(21-22(3,18)19)6-10-8-15(14(16)17)13-7-11(20-2)4-5-12(10)13/h4-5,7-9H,6H2,1-3H3,(H,16,17)/t9-/m0/s1. The summed E-state index contributed by atoms with van der Waals surface area (Å²) in [6.45, 7) is 1.62. The Morgan fingerprint density at radius 3 is 2.64 bits per heavy atom. The summed E-state index contributed by atoms with van der Waals surface area (Å²) in [7, 11) is -2.06. The molecule has 7 nitrogen and oxygen atoms in total. The third-order valence-corrected chi connectivity index (χ3v) is 3.83. The molecule has 22 heavy (non-hydrogen) atoms. The predicted molar refractivity (Wildman–Crippen MR) is 81.0 cm³/mol. The lowest BCUT2D eigenvalue weighted by atomic mass is 10.1. The molecule has 0 aliphatic rings. The summed E-state index contributed by atoms with van der Waals surface area (Å²) in [4.78, 5) is 11.3. The van der Waals surface area contributed by atoms with E-state index < -0.39 is 22.3 Å². The van der Waals surface area contributed by atoms with Gasteiger partial charge in [-0.1, -0.05) is 0 Å². The number of fused-ring (bicyclic) bond motifs is 1. The van der Waals surface area contributed by atoms with Gasteiger partial charge in [-0.3, -0.25) is 8.75 Å². The molecule has 120 valence electrons. The van der Waals surface area contributed by atoms with Crippen molar-refractivity contribution in [2.45, 2.75) is 19.4 Å². The maximum atomic E-state index is 11.3. The highest BCUT2D eigenvalue weighted by molar-refractivity contribution is 7.86. The molecular weight excluding hydrogens is 310 g/mol. The van der Waals surface area contributed by atoms with E-state index in [1.165, 1.54) is 13.3 Å². The zero-order chi connectivity index (χ0) is 16.5. The fourth-order valence-electron chi connectivity index (χ4n) is 2.37. The number of methoxy groups -OCH3 is 1. The van der Waals surface area contributed by atoms with Crippen LogP contribution in [0.2, 0.25) is 0 Å². The van der Waals surface area contributed by atoms with E-state index in [1.54, 1.807) is 25.1 Å². The molecule has 0 amide bonds. The molecule has 1 aromatic heterocycles. The molecule has 2 rings (SSSR count). The van der Waals surface area contributed by atoms with E-state index in [0.29, 0.717) is 22.2 Å². The van der Waals surface area contributed by atoms with Gasteiger partial charge < -0.3 is 9.84 Å². The fraction of sp³-hybridized carbons (Fsp3) is 0.357. The van der Waals surface area contributed by atoms with Crippen LogP contribution in [0.15, 0.2) is 24.4 Å². The number of nitrogens with zero attached hydrogens (tertiary/aromatic N) is 1. The molecule has 1 atom stereocenters. The van der Waals surface area contributed by atoms with Gasteiger partial charge >= 0.3 is 6.09 Å². The van der Waals surface area contributed by atoms with Crippen LogP contribution in [-0.2, 0) is 20.7 Å². The number of hydrogen-bond donors (Lipinski definition) is 1. The SMILES string of the molecule is COc1ccc2c(C[C@H](C)OS(C)(=O)=O)cn(C(=O)O)c2c1. The third kappa shape index (κ3) is 3.58. The molecule has 0 unspecified atom stereocenters. The summed E-state index contributed by atoms with van der Waals surface area (Å²) in [5, 5.41) is 9.99. The Morgan fingerprint density at radius 1 is 1.41 bits per heavy atom. The van der Waals surface area contributed by atoms with Crippen molar-refractivity contribution in [1.82, 2.24) is 4.57 Å². The smallest absolute Gasteiger partial charge is 0.416 e. The average molecular weight is 327 g/mol. The molecular formula is C14H17NO6S. The first-order valence-corrected chi connectivity index (χ1v) is 8.32. The Kier molecular flexibility index (Phi) is 4.43. The Balaban J connectivity index is 2.44. The second-order valence-electron chi connectivity index (χ2n) is 5.01. The van der Waals surface area contributed by atoms with Crippen LogP contribution in [0.25, 0.3) is 10.9 Å². The third-order valence-electron chi connectivity index (χ3n) is 3.15. The molecule has 0 radical (unpaired) electrons. The Labute approximate surface area is 128 Å². The van der Waals surface area contributed by atoms with Crippen LogP contribution in [0.4, 0.5) is 4.79 Å². The van der Waals surface area contributed by atoms with Gasteiger partial charge in [-0.25, -0.2) is 4.79 Å². The first-order valence-electron chi connectivity index (χ1n) is 6.51. The van der Waals surface area contributed by atoms with Gasteiger partial charge in [0.15, 0.2) is 0 Å². The maximum Gasteiger partial charge on any atom is 0.416 e. The summed E-state index contributed by atoms with van der Waals surface area (Å²) in [6, 6.07) is 5.09. The quantitative estimate of drug-likeness (QED) is 0.845. The van der Waals surface area contributed by atoms with Crippen molar-refractivity contribution in [3.05, 3.63) is 30.0 Å². The Morgan fingerprint density at radius 2 is 2.09 bits per heavy atom. The first-order chi connectivity index (χ1) is 10.2. The zero-order valence-electron chi connectivity index (χ0n) is 12.4. The molecule has 1 N–H and O–H groups in total. The van der Waals surface area contributed by atoms with Crippen molar-refractivity contribution < 1.29 is 27.2 Å². The maximum absolute atomic E-state index is 11.3. The second kappa shape index (κ2) is 5.98. The van der Waals surface area contributed by atoms with Crippen molar-refractivity contribution in [1.29, 1.82) is 0 Å². The summed E-state index contributed by atoms with van der Waals surface area (Å²) in [6.07, 6.45) is 1.01. The van der Waals surface area contributed by atoms with E-state index in [-0.39, 0.29) is 6.42 Å². The largest absolute Gasteiger partial charge is 0.497 e. The number of carbonyl (C=O) groups is 1. The van der Waals surface area contributed by atoms with Gasteiger partial charge in [-0.2, -0.15) is 8.42 Å². The highest BCUT2D eigenvalue weighted by Gasteiger charge is 2.17. The van der Waals surface area contributed by atoms with Crippen LogP contribution in [-0.4, -0.2) is 43.7 Å². The Bertz CT molecular complexity index is 808. The molecule has 0 fully saturated rings. The van der Waals surface area contributed by atoms with Crippen molar-refractivity contribution in [3.8, 4) is 5.75 Å². The van der Waals surface area contributed by atoms with Gasteiger partial charge in [0.2, 0.25) is 0 Å². The number of carboxylic acid groups (broad SMARTS) is 1. The van der Waals surface area contributed by atoms with E-state index in [0.717, 1.165) is 10.8 Å². The second-order valence-corrected chi connectivity index (χ2v) is 6.61. The number of aromatic nitrogens is 1. The van der Waals surface area contributed by atoms with Gasteiger partial charge in [0.1, 0.15) is 5.75 Å². The predicted octanol–water partition coefficient (Wildman–Crippen LogP) is 2.08. The highest BCUT2D eigenvalue weighted by Crippen LogP contribution is 2.27. The number of rotatable bonds is 5. The topological polar surface area (TPSA) is 94.8 Å². The molecule has 2 aromatic rings. The zero-order valence-corrected chi connectivity index (χ0v) is 13.3. The van der Waals surface area contributed by atoms with E-state index in [4.69, 9.17) is 8.92 Å². The van der Waals surface area contributed by atoms with Gasteiger partial charge in [0, 0.05) is 24.1 Å². The lowest BCUT2D eigenvalue weighted by molar-refractivity contribution is 0.197. The van der Waals surface area contributed by atoms with Gasteiger partial charge in [-0.15, -0.1) is 0 Å². The average Bonchev–Trinajstić information content (AvgIpc) is 2.74. The number of benzene rings is 1. The highest BCUT2D eigenvalue weighted by atomic mass is 32.2. The summed E-state index contributed by atoms with van der Waals surface area (Å²) >= 11 is 0. The minimum Gasteiger partial charge on any atom is -0.497 e. The minimum absolute atomic E-state index is 0.274. The van der Waals surface area contributed by atoms with Crippen molar-refractivity contribution in [3.63, 3.8) is 0 Å². The molecule has 0 saturated heterocycles. The fourth-order valence-corrected chi connectivity index (χ4v) is 3.03. The lowest BCUT2D eigenvalue weighted by Gasteiger charge is -2.10. The summed E-state index contributed by atoms with van der Waals surface area (Å²) < 4.78 is 33.4. The number of ether oxygens (including phenoxy) is 1. The summed E-state index contributed by atoms with van der Waals surface area (Å²) in [5.74, 6) is 0.542. The van der Waals surface area contributed by atoms with Gasteiger partial charge in [0.25, 0.3) is 10.1 Å². The van der Waals surface area contributed by atoms with Crippen molar-refractivity contribution in [2.24, 2.45) is 0 Å².